The summed E-state index contributed by atoms with van der Waals surface area (Å²) in [5.74, 6) is -0.277. The van der Waals surface area contributed by atoms with Crippen LogP contribution >= 0.6 is 0 Å². The molecule has 0 aromatic heterocycles. The highest BCUT2D eigenvalue weighted by atomic mass is 16.5. The van der Waals surface area contributed by atoms with Crippen LogP contribution in [-0.2, 0) is 14.3 Å². The molecule has 0 bridgehead atoms. The molecule has 1 unspecified atom stereocenters. The summed E-state index contributed by atoms with van der Waals surface area (Å²) in [5, 5.41) is 3.07. The summed E-state index contributed by atoms with van der Waals surface area (Å²) in [5.41, 5.74) is 1.96. The third-order valence-corrected chi connectivity index (χ3v) is 3.18. The summed E-state index contributed by atoms with van der Waals surface area (Å²) in [4.78, 5) is 29.3. The van der Waals surface area contributed by atoms with Crippen LogP contribution in [0.3, 0.4) is 0 Å². The molecular weight excluding hydrogens is 270 g/mol. The number of rotatable bonds is 4. The third-order valence-electron chi connectivity index (χ3n) is 3.18. The fourth-order valence-corrected chi connectivity index (χ4v) is 2.05. The van der Waals surface area contributed by atoms with Gasteiger partial charge in [0.05, 0.1) is 6.61 Å². The van der Waals surface area contributed by atoms with E-state index in [4.69, 9.17) is 4.74 Å². The van der Waals surface area contributed by atoms with Crippen molar-refractivity contribution < 1.29 is 14.3 Å². The van der Waals surface area contributed by atoms with Gasteiger partial charge in [0.25, 0.3) is 5.91 Å². The van der Waals surface area contributed by atoms with Crippen molar-refractivity contribution in [2.75, 3.05) is 18.5 Å². The van der Waals surface area contributed by atoms with Crippen molar-refractivity contribution in [1.82, 2.24) is 4.90 Å². The van der Waals surface area contributed by atoms with Crippen LogP contribution in [0.15, 0.2) is 29.3 Å². The minimum Gasteiger partial charge on any atom is -0.464 e. The Morgan fingerprint density at radius 2 is 2.10 bits per heavy atom. The Labute approximate surface area is 123 Å². The van der Waals surface area contributed by atoms with Crippen molar-refractivity contribution in [2.24, 2.45) is 4.99 Å². The predicted octanol–water partition coefficient (Wildman–Crippen LogP) is 1.56. The van der Waals surface area contributed by atoms with E-state index in [2.05, 4.69) is 10.3 Å². The van der Waals surface area contributed by atoms with Gasteiger partial charge in [-0.3, -0.25) is 9.69 Å². The zero-order valence-corrected chi connectivity index (χ0v) is 12.4. The van der Waals surface area contributed by atoms with Gasteiger partial charge in [-0.25, -0.2) is 9.79 Å². The molecule has 0 saturated heterocycles. The molecular formula is C15H19N3O3. The Kier molecular flexibility index (Phi) is 4.57. The molecule has 0 aliphatic carbocycles. The number of anilines is 1. The summed E-state index contributed by atoms with van der Waals surface area (Å²) in [6.45, 7) is 5.68. The Balaban J connectivity index is 2.12. The summed E-state index contributed by atoms with van der Waals surface area (Å²) < 4.78 is 4.96. The summed E-state index contributed by atoms with van der Waals surface area (Å²) in [6.07, 6.45) is 0. The van der Waals surface area contributed by atoms with Gasteiger partial charge < -0.3 is 10.1 Å². The first-order chi connectivity index (χ1) is 10.0. The number of benzene rings is 1. The van der Waals surface area contributed by atoms with Crippen LogP contribution in [0.5, 0.6) is 0 Å². The minimum atomic E-state index is -0.698. The molecule has 1 aliphatic rings. The lowest BCUT2D eigenvalue weighted by molar-refractivity contribution is -0.150. The molecule has 0 radical (unpaired) electrons. The molecule has 1 N–H and O–H groups in total. The summed E-state index contributed by atoms with van der Waals surface area (Å²) in [7, 11) is 0. The van der Waals surface area contributed by atoms with Gasteiger partial charge in [-0.05, 0) is 32.9 Å². The number of guanidine groups is 1. The van der Waals surface area contributed by atoms with E-state index in [1.54, 1.807) is 13.8 Å². The first-order valence-corrected chi connectivity index (χ1v) is 6.89. The van der Waals surface area contributed by atoms with E-state index in [1.807, 2.05) is 31.2 Å². The maximum absolute atomic E-state index is 11.9. The molecule has 1 amide bonds. The topological polar surface area (TPSA) is 71.0 Å². The molecule has 1 atom stereocenters. The van der Waals surface area contributed by atoms with Gasteiger partial charge in [-0.1, -0.05) is 17.7 Å². The average molecular weight is 289 g/mol. The van der Waals surface area contributed by atoms with E-state index in [0.717, 1.165) is 11.3 Å². The van der Waals surface area contributed by atoms with E-state index in [9.17, 15) is 9.59 Å². The molecule has 112 valence electrons. The van der Waals surface area contributed by atoms with Gasteiger partial charge in [0.2, 0.25) is 5.96 Å². The Morgan fingerprint density at radius 1 is 1.43 bits per heavy atom. The third kappa shape index (κ3) is 3.39. The number of carbonyl (C=O) groups excluding carboxylic acids is 2. The van der Waals surface area contributed by atoms with Crippen LogP contribution in [0.1, 0.15) is 19.4 Å². The van der Waals surface area contributed by atoms with Crippen LogP contribution in [0.2, 0.25) is 0 Å². The largest absolute Gasteiger partial charge is 0.464 e. The second-order valence-electron chi connectivity index (χ2n) is 4.82. The maximum Gasteiger partial charge on any atom is 0.329 e. The molecule has 1 aromatic rings. The zero-order chi connectivity index (χ0) is 15.4. The molecule has 6 heteroatoms. The van der Waals surface area contributed by atoms with Gasteiger partial charge >= 0.3 is 5.97 Å². The monoisotopic (exact) mass is 289 g/mol. The maximum atomic E-state index is 11.9. The number of nitrogens with one attached hydrogen (secondary N) is 1. The first kappa shape index (κ1) is 15.0. The number of amides is 1. The van der Waals surface area contributed by atoms with E-state index in [0.29, 0.717) is 5.96 Å². The molecule has 1 heterocycles. The van der Waals surface area contributed by atoms with E-state index >= 15 is 0 Å². The second-order valence-corrected chi connectivity index (χ2v) is 4.82. The Bertz CT molecular complexity index is 566. The normalized spacial score (nSPS) is 15.7. The quantitative estimate of drug-likeness (QED) is 0.854. The number of aryl methyl sites for hydroxylation is 1. The molecule has 2 rings (SSSR count). The molecule has 0 fully saturated rings. The zero-order valence-electron chi connectivity index (χ0n) is 12.4. The smallest absolute Gasteiger partial charge is 0.329 e. The molecule has 0 spiro atoms. The number of ether oxygens (including phenoxy) is 1. The Hall–Kier alpha value is -2.37. The lowest BCUT2D eigenvalue weighted by atomic mass is 10.2. The van der Waals surface area contributed by atoms with Gasteiger partial charge in [0.15, 0.2) is 0 Å². The lowest BCUT2D eigenvalue weighted by Gasteiger charge is -2.24. The Morgan fingerprint density at radius 3 is 2.71 bits per heavy atom. The molecule has 21 heavy (non-hydrogen) atoms. The second kappa shape index (κ2) is 6.39. The molecule has 1 aliphatic heterocycles. The summed E-state index contributed by atoms with van der Waals surface area (Å²) >= 11 is 0. The number of aliphatic imine (C=N–C) groups is 1. The number of carbonyl (C=O) groups is 2. The predicted molar refractivity (Wildman–Crippen MR) is 80.0 cm³/mol. The van der Waals surface area contributed by atoms with Gasteiger partial charge in [0.1, 0.15) is 12.6 Å². The van der Waals surface area contributed by atoms with Crippen LogP contribution in [0, 0.1) is 6.92 Å². The van der Waals surface area contributed by atoms with E-state index in [1.165, 1.54) is 4.90 Å². The first-order valence-electron chi connectivity index (χ1n) is 6.89. The minimum absolute atomic E-state index is 0.0396. The van der Waals surface area contributed by atoms with Crippen molar-refractivity contribution in [3.8, 4) is 0 Å². The number of esters is 1. The highest BCUT2D eigenvalue weighted by Gasteiger charge is 2.34. The molecule has 1 aromatic carbocycles. The van der Waals surface area contributed by atoms with Gasteiger partial charge in [-0.2, -0.15) is 0 Å². The fourth-order valence-electron chi connectivity index (χ4n) is 2.05. The fraction of sp³-hybridized carbons (Fsp3) is 0.400. The van der Waals surface area contributed by atoms with Crippen LogP contribution in [0.25, 0.3) is 0 Å². The number of hydrogen-bond donors (Lipinski definition) is 1. The van der Waals surface area contributed by atoms with Gasteiger partial charge in [-0.15, -0.1) is 0 Å². The van der Waals surface area contributed by atoms with Crippen molar-refractivity contribution >= 4 is 23.5 Å². The number of hydrogen-bond acceptors (Lipinski definition) is 5. The average Bonchev–Trinajstić information content (AvgIpc) is 2.82. The van der Waals surface area contributed by atoms with Crippen LogP contribution < -0.4 is 5.32 Å². The molecule has 6 nitrogen and oxygen atoms in total. The van der Waals surface area contributed by atoms with Gasteiger partial charge in [0, 0.05) is 5.69 Å². The molecule has 0 saturated carbocycles. The highest BCUT2D eigenvalue weighted by molar-refractivity contribution is 6.11. The highest BCUT2D eigenvalue weighted by Crippen LogP contribution is 2.15. The lowest BCUT2D eigenvalue weighted by Crippen LogP contribution is -2.47. The van der Waals surface area contributed by atoms with E-state index in [-0.39, 0.29) is 19.1 Å². The standard InChI is InChI=1S/C15H19N3O3/c1-4-21-14(20)11(3)18-13(19)9-16-15(18)17-12-7-5-10(2)6-8-12/h5-8,11H,4,9H2,1-3H3,(H,16,17). The van der Waals surface area contributed by atoms with E-state index < -0.39 is 12.0 Å². The van der Waals surface area contributed by atoms with Crippen molar-refractivity contribution in [3.63, 3.8) is 0 Å². The van der Waals surface area contributed by atoms with Crippen LogP contribution in [-0.4, -0.2) is 41.9 Å². The van der Waals surface area contributed by atoms with Crippen LogP contribution in [0.4, 0.5) is 5.69 Å². The SMILES string of the molecule is CCOC(=O)C(C)N1C(=O)CN=C1Nc1ccc(C)cc1. The number of nitrogens with zero attached hydrogens (tertiary/aromatic N) is 2. The van der Waals surface area contributed by atoms with Crippen molar-refractivity contribution in [1.29, 1.82) is 0 Å². The van der Waals surface area contributed by atoms with Crippen molar-refractivity contribution in [2.45, 2.75) is 26.8 Å². The van der Waals surface area contributed by atoms with Crippen molar-refractivity contribution in [3.05, 3.63) is 29.8 Å². The summed E-state index contributed by atoms with van der Waals surface area (Å²) in [6, 6.07) is 7.01.